The third-order valence-corrected chi connectivity index (χ3v) is 6.75. The first-order valence-electron chi connectivity index (χ1n) is 11.2. The number of nitrogens with zero attached hydrogens (tertiary/aromatic N) is 3. The molecular weight excluding hydrogens is 441 g/mol. The van der Waals surface area contributed by atoms with Gasteiger partial charge in [-0.25, -0.2) is 9.07 Å². The average molecular weight is 466 g/mol. The lowest BCUT2D eigenvalue weighted by molar-refractivity contribution is -0.108. The highest BCUT2D eigenvalue weighted by atomic mass is 35.5. The van der Waals surface area contributed by atoms with E-state index in [1.165, 1.54) is 17.2 Å². The number of benzene rings is 2. The fourth-order valence-electron chi connectivity index (χ4n) is 4.83. The lowest BCUT2D eigenvalue weighted by Gasteiger charge is -2.24. The summed E-state index contributed by atoms with van der Waals surface area (Å²) in [5, 5.41) is 15.7. The maximum atomic E-state index is 13.8. The highest BCUT2D eigenvalue weighted by molar-refractivity contribution is 6.31. The van der Waals surface area contributed by atoms with E-state index in [1.54, 1.807) is 12.1 Å². The molecule has 2 unspecified atom stereocenters. The van der Waals surface area contributed by atoms with E-state index in [1.807, 2.05) is 11.6 Å². The zero-order valence-corrected chi connectivity index (χ0v) is 19.1. The Morgan fingerprint density at radius 2 is 2.18 bits per heavy atom. The summed E-state index contributed by atoms with van der Waals surface area (Å²) in [6.45, 7) is 3.76. The van der Waals surface area contributed by atoms with E-state index >= 15 is 0 Å². The van der Waals surface area contributed by atoms with Crippen molar-refractivity contribution in [2.24, 2.45) is 0 Å². The quantitative estimate of drug-likeness (QED) is 0.512. The maximum Gasteiger partial charge on any atom is 0.141 e. The summed E-state index contributed by atoms with van der Waals surface area (Å²) < 4.78 is 15.6. The number of halogens is 2. The third kappa shape index (κ3) is 4.18. The Hall–Kier alpha value is -3.03. The number of carbonyl (C=O) groups excluding carboxylic acids is 1. The summed E-state index contributed by atoms with van der Waals surface area (Å²) >= 11 is 6.05. The molecule has 0 aliphatic carbocycles. The van der Waals surface area contributed by atoms with Crippen LogP contribution in [0.2, 0.25) is 5.02 Å². The number of aldehydes is 1. The van der Waals surface area contributed by atoms with Crippen molar-refractivity contribution in [2.75, 3.05) is 18.4 Å². The topological polar surface area (TPSA) is 71.8 Å². The van der Waals surface area contributed by atoms with Gasteiger partial charge in [0.25, 0.3) is 0 Å². The predicted octanol–water partition coefficient (Wildman–Crippen LogP) is 5.11. The molecule has 170 valence electrons. The number of hydrogen-bond donors (Lipinski definition) is 2. The normalized spacial score (nSPS) is 19.8. The second kappa shape index (κ2) is 9.08. The maximum absolute atomic E-state index is 13.8. The standard InChI is InChI=1S/C25H25ClFN5O/c1-15-25-20-4-2-17(16-6-9-28-10-7-16)12-21(20)24(14-19(8-11-33)32(25)31-30-15)29-18-3-5-23(27)22(26)13-18/h2-6,11-13,19,24,28-29H,7-10,14H2,1H3. The van der Waals surface area contributed by atoms with Gasteiger partial charge in [-0.1, -0.05) is 35.0 Å². The third-order valence-electron chi connectivity index (χ3n) is 6.46. The molecule has 33 heavy (non-hydrogen) atoms. The minimum Gasteiger partial charge on any atom is -0.378 e. The van der Waals surface area contributed by atoms with Gasteiger partial charge in [0, 0.05) is 24.2 Å². The molecule has 3 aromatic rings. The van der Waals surface area contributed by atoms with Crippen LogP contribution >= 0.6 is 11.6 Å². The van der Waals surface area contributed by atoms with E-state index in [0.717, 1.165) is 54.0 Å². The summed E-state index contributed by atoms with van der Waals surface area (Å²) in [6.07, 6.45) is 5.09. The van der Waals surface area contributed by atoms with Crippen LogP contribution in [0.5, 0.6) is 0 Å². The molecular formula is C25H25ClFN5O. The zero-order valence-electron chi connectivity index (χ0n) is 18.3. The molecule has 2 aliphatic rings. The van der Waals surface area contributed by atoms with Gasteiger partial charge < -0.3 is 15.4 Å². The Labute approximate surface area is 196 Å². The molecule has 1 aromatic heterocycles. The Morgan fingerprint density at radius 1 is 1.30 bits per heavy atom. The number of anilines is 1. The molecule has 2 N–H and O–H groups in total. The number of aromatic nitrogens is 3. The number of fused-ring (bicyclic) bond motifs is 3. The first-order valence-corrected chi connectivity index (χ1v) is 11.5. The van der Waals surface area contributed by atoms with Crippen molar-refractivity contribution in [1.82, 2.24) is 20.3 Å². The Kier molecular flexibility index (Phi) is 6.00. The highest BCUT2D eigenvalue weighted by Crippen LogP contribution is 2.43. The molecule has 5 rings (SSSR count). The van der Waals surface area contributed by atoms with Crippen LogP contribution in [-0.4, -0.2) is 34.4 Å². The molecule has 2 aromatic carbocycles. The molecule has 6 nitrogen and oxygen atoms in total. The molecule has 0 radical (unpaired) electrons. The molecule has 3 heterocycles. The van der Waals surface area contributed by atoms with Gasteiger partial charge >= 0.3 is 0 Å². The molecule has 2 atom stereocenters. The Balaban J connectivity index is 1.64. The van der Waals surface area contributed by atoms with Gasteiger partial charge in [0.2, 0.25) is 0 Å². The van der Waals surface area contributed by atoms with Gasteiger partial charge in [0.05, 0.1) is 28.5 Å². The SMILES string of the molecule is Cc1nnn2c1-c1ccc(C3=CCNCC3)cc1C(Nc1ccc(F)c(Cl)c1)CC2CC=O. The van der Waals surface area contributed by atoms with E-state index in [-0.39, 0.29) is 17.1 Å². The number of rotatable bonds is 5. The molecule has 0 bridgehead atoms. The molecule has 8 heteroatoms. The van der Waals surface area contributed by atoms with Crippen LogP contribution in [0.1, 0.15) is 48.2 Å². The number of carbonyl (C=O) groups is 1. The fourth-order valence-corrected chi connectivity index (χ4v) is 5.01. The first-order chi connectivity index (χ1) is 16.0. The summed E-state index contributed by atoms with van der Waals surface area (Å²) in [5.41, 5.74) is 7.13. The molecule has 0 amide bonds. The van der Waals surface area contributed by atoms with Crippen molar-refractivity contribution in [1.29, 1.82) is 0 Å². The van der Waals surface area contributed by atoms with Gasteiger partial charge in [-0.3, -0.25) is 0 Å². The van der Waals surface area contributed by atoms with Crippen LogP contribution in [-0.2, 0) is 4.79 Å². The van der Waals surface area contributed by atoms with Crippen molar-refractivity contribution in [3.05, 3.63) is 70.1 Å². The van der Waals surface area contributed by atoms with E-state index in [0.29, 0.717) is 12.8 Å². The monoisotopic (exact) mass is 465 g/mol. The van der Waals surface area contributed by atoms with Crippen LogP contribution in [0, 0.1) is 12.7 Å². The minimum atomic E-state index is -0.454. The lowest BCUT2D eigenvalue weighted by Crippen LogP contribution is -2.20. The highest BCUT2D eigenvalue weighted by Gasteiger charge is 2.31. The molecule has 0 fully saturated rings. The molecule has 0 spiro atoms. The number of aryl methyl sites for hydroxylation is 1. The van der Waals surface area contributed by atoms with Crippen molar-refractivity contribution in [3.8, 4) is 11.3 Å². The second-order valence-corrected chi connectivity index (χ2v) is 8.98. The van der Waals surface area contributed by atoms with Crippen molar-refractivity contribution < 1.29 is 9.18 Å². The Bertz CT molecular complexity index is 1240. The summed E-state index contributed by atoms with van der Waals surface area (Å²) in [4.78, 5) is 11.5. The number of nitrogens with one attached hydrogen (secondary N) is 2. The predicted molar refractivity (Wildman–Crippen MR) is 128 cm³/mol. The van der Waals surface area contributed by atoms with Gasteiger partial charge in [-0.2, -0.15) is 0 Å². The van der Waals surface area contributed by atoms with Crippen LogP contribution < -0.4 is 10.6 Å². The molecule has 2 aliphatic heterocycles. The smallest absolute Gasteiger partial charge is 0.141 e. The lowest BCUT2D eigenvalue weighted by atomic mass is 9.90. The zero-order chi connectivity index (χ0) is 22.9. The van der Waals surface area contributed by atoms with Crippen molar-refractivity contribution in [3.63, 3.8) is 0 Å². The molecule has 0 saturated heterocycles. The van der Waals surface area contributed by atoms with Crippen molar-refractivity contribution in [2.45, 2.75) is 38.3 Å². The largest absolute Gasteiger partial charge is 0.378 e. The van der Waals surface area contributed by atoms with E-state index in [2.05, 4.69) is 45.2 Å². The summed E-state index contributed by atoms with van der Waals surface area (Å²) in [7, 11) is 0. The van der Waals surface area contributed by atoms with Crippen LogP contribution in [0.4, 0.5) is 10.1 Å². The van der Waals surface area contributed by atoms with Gasteiger partial charge in [0.1, 0.15) is 12.1 Å². The van der Waals surface area contributed by atoms with Crippen LogP contribution in [0.25, 0.3) is 16.8 Å². The summed E-state index contributed by atoms with van der Waals surface area (Å²) in [5.74, 6) is -0.454. The Morgan fingerprint density at radius 3 is 2.94 bits per heavy atom. The van der Waals surface area contributed by atoms with Gasteiger partial charge in [0.15, 0.2) is 0 Å². The van der Waals surface area contributed by atoms with Gasteiger partial charge in [-0.05, 0) is 67.3 Å². The number of hydrogen-bond acceptors (Lipinski definition) is 5. The van der Waals surface area contributed by atoms with Crippen molar-refractivity contribution >= 4 is 29.1 Å². The van der Waals surface area contributed by atoms with E-state index in [9.17, 15) is 9.18 Å². The van der Waals surface area contributed by atoms with E-state index < -0.39 is 5.82 Å². The average Bonchev–Trinajstić information content (AvgIpc) is 3.16. The fraction of sp³-hybridized carbons (Fsp3) is 0.320. The second-order valence-electron chi connectivity index (χ2n) is 8.57. The first kappa shape index (κ1) is 21.8. The van der Waals surface area contributed by atoms with Crippen LogP contribution in [0.3, 0.4) is 0 Å². The molecule has 0 saturated carbocycles. The van der Waals surface area contributed by atoms with Crippen LogP contribution in [0.15, 0.2) is 42.5 Å². The van der Waals surface area contributed by atoms with Gasteiger partial charge in [-0.15, -0.1) is 5.10 Å². The minimum absolute atomic E-state index is 0.0693. The van der Waals surface area contributed by atoms with E-state index in [4.69, 9.17) is 11.6 Å². The summed E-state index contributed by atoms with van der Waals surface area (Å²) in [6, 6.07) is 10.9.